The molecule has 3 atom stereocenters. The van der Waals surface area contributed by atoms with Gasteiger partial charge in [-0.05, 0) is 49.3 Å². The molecule has 1 aromatic carbocycles. The zero-order valence-electron chi connectivity index (χ0n) is 20.1. The molecule has 0 unspecified atom stereocenters. The second kappa shape index (κ2) is 10.7. The number of primary amides is 1. The third-order valence-corrected chi connectivity index (χ3v) is 6.64. The number of carbonyl (C=O) groups is 4. The van der Waals surface area contributed by atoms with E-state index in [2.05, 4.69) is 10.3 Å². The van der Waals surface area contributed by atoms with E-state index in [-0.39, 0.29) is 35.7 Å². The number of fused-ring (bicyclic) bond motifs is 1. The van der Waals surface area contributed by atoms with Gasteiger partial charge in [-0.1, -0.05) is 44.9 Å². The number of nitrogens with one attached hydrogen (secondary N) is 2. The molecule has 1 saturated carbocycles. The van der Waals surface area contributed by atoms with Crippen molar-refractivity contribution in [1.29, 1.82) is 0 Å². The molecule has 1 aromatic heterocycles. The van der Waals surface area contributed by atoms with Crippen molar-refractivity contribution in [2.75, 3.05) is 0 Å². The SMILES string of the molecule is CC(C)(C)C[C@H](CC(=O)c1cc2ccc(Cl)cc2[nH]1)C(=O)N[C@@H](C[C@@H]1CCCCC1=O)C(N)=O. The summed E-state index contributed by atoms with van der Waals surface area (Å²) in [5.41, 5.74) is 6.51. The van der Waals surface area contributed by atoms with Gasteiger partial charge in [0, 0.05) is 40.6 Å². The van der Waals surface area contributed by atoms with Gasteiger partial charge < -0.3 is 16.0 Å². The van der Waals surface area contributed by atoms with Crippen LogP contribution in [0.15, 0.2) is 24.3 Å². The molecule has 1 aliphatic carbocycles. The first-order valence-electron chi connectivity index (χ1n) is 11.9. The monoisotopic (exact) mass is 487 g/mol. The van der Waals surface area contributed by atoms with E-state index in [9.17, 15) is 19.2 Å². The Labute approximate surface area is 205 Å². The molecule has 2 amide bonds. The van der Waals surface area contributed by atoms with E-state index in [1.165, 1.54) is 0 Å². The van der Waals surface area contributed by atoms with Crippen molar-refractivity contribution in [3.63, 3.8) is 0 Å². The van der Waals surface area contributed by atoms with Crippen molar-refractivity contribution in [3.05, 3.63) is 35.0 Å². The van der Waals surface area contributed by atoms with E-state index < -0.39 is 23.8 Å². The van der Waals surface area contributed by atoms with Crippen molar-refractivity contribution < 1.29 is 19.2 Å². The second-order valence-electron chi connectivity index (χ2n) is 10.6. The number of halogens is 1. The van der Waals surface area contributed by atoms with Crippen molar-refractivity contribution in [2.24, 2.45) is 23.0 Å². The van der Waals surface area contributed by atoms with E-state index in [1.54, 1.807) is 18.2 Å². The van der Waals surface area contributed by atoms with Gasteiger partial charge in [0.15, 0.2) is 5.78 Å². The molecule has 0 radical (unpaired) electrons. The molecule has 184 valence electrons. The first-order chi connectivity index (χ1) is 15.9. The number of Topliss-reactive ketones (excluding diaryl/α,β-unsaturated/α-hetero) is 2. The molecular formula is C26H34ClN3O4. The van der Waals surface area contributed by atoms with E-state index in [0.29, 0.717) is 30.0 Å². The molecule has 4 N–H and O–H groups in total. The summed E-state index contributed by atoms with van der Waals surface area (Å²) in [5, 5.41) is 4.17. The van der Waals surface area contributed by atoms with Gasteiger partial charge in [-0.25, -0.2) is 0 Å². The molecule has 0 aliphatic heterocycles. The van der Waals surface area contributed by atoms with Gasteiger partial charge in [0.05, 0.1) is 5.69 Å². The molecule has 2 aromatic rings. The summed E-state index contributed by atoms with van der Waals surface area (Å²) in [6.07, 6.45) is 3.62. The van der Waals surface area contributed by atoms with Crippen LogP contribution in [0.3, 0.4) is 0 Å². The minimum absolute atomic E-state index is 0.0164. The lowest BCUT2D eigenvalue weighted by Gasteiger charge is -2.28. The largest absolute Gasteiger partial charge is 0.368 e. The number of ketones is 2. The van der Waals surface area contributed by atoms with E-state index in [0.717, 1.165) is 23.7 Å². The molecule has 34 heavy (non-hydrogen) atoms. The maximum Gasteiger partial charge on any atom is 0.240 e. The van der Waals surface area contributed by atoms with Gasteiger partial charge >= 0.3 is 0 Å². The smallest absolute Gasteiger partial charge is 0.240 e. The van der Waals surface area contributed by atoms with Crippen molar-refractivity contribution in [3.8, 4) is 0 Å². The summed E-state index contributed by atoms with van der Waals surface area (Å²) >= 11 is 6.04. The summed E-state index contributed by atoms with van der Waals surface area (Å²) < 4.78 is 0. The van der Waals surface area contributed by atoms with Gasteiger partial charge in [0.1, 0.15) is 11.8 Å². The fourth-order valence-corrected chi connectivity index (χ4v) is 4.88. The predicted molar refractivity (Wildman–Crippen MR) is 133 cm³/mol. The maximum absolute atomic E-state index is 13.3. The van der Waals surface area contributed by atoms with Crippen LogP contribution in [-0.4, -0.2) is 34.4 Å². The highest BCUT2D eigenvalue weighted by Crippen LogP contribution is 2.29. The number of amides is 2. The Morgan fingerprint density at radius 3 is 2.59 bits per heavy atom. The van der Waals surface area contributed by atoms with Crippen LogP contribution in [0.5, 0.6) is 0 Å². The summed E-state index contributed by atoms with van der Waals surface area (Å²) in [4.78, 5) is 53.8. The van der Waals surface area contributed by atoms with Crippen LogP contribution in [0.2, 0.25) is 5.02 Å². The van der Waals surface area contributed by atoms with Crippen LogP contribution in [0.25, 0.3) is 10.9 Å². The van der Waals surface area contributed by atoms with Crippen LogP contribution in [0.1, 0.15) is 76.2 Å². The van der Waals surface area contributed by atoms with Crippen molar-refractivity contribution in [1.82, 2.24) is 10.3 Å². The first-order valence-corrected chi connectivity index (χ1v) is 12.2. The summed E-state index contributed by atoms with van der Waals surface area (Å²) in [6.45, 7) is 5.98. The molecule has 1 fully saturated rings. The molecule has 7 nitrogen and oxygen atoms in total. The number of aromatic amines is 1. The van der Waals surface area contributed by atoms with Crippen LogP contribution in [-0.2, 0) is 14.4 Å². The van der Waals surface area contributed by atoms with E-state index in [1.807, 2.05) is 26.8 Å². The number of benzene rings is 1. The van der Waals surface area contributed by atoms with Crippen LogP contribution < -0.4 is 11.1 Å². The molecule has 0 bridgehead atoms. The zero-order valence-corrected chi connectivity index (χ0v) is 20.8. The summed E-state index contributed by atoms with van der Waals surface area (Å²) in [7, 11) is 0. The minimum Gasteiger partial charge on any atom is -0.368 e. The van der Waals surface area contributed by atoms with Crippen molar-refractivity contribution in [2.45, 2.75) is 71.8 Å². The highest BCUT2D eigenvalue weighted by molar-refractivity contribution is 6.31. The molecule has 0 spiro atoms. The molecule has 0 saturated heterocycles. The van der Waals surface area contributed by atoms with Crippen LogP contribution >= 0.6 is 11.6 Å². The molecule has 1 heterocycles. The number of hydrogen-bond donors (Lipinski definition) is 3. The van der Waals surface area contributed by atoms with Gasteiger partial charge in [0.25, 0.3) is 0 Å². The first kappa shape index (κ1) is 25.9. The average molecular weight is 488 g/mol. The molecule has 1 aliphatic rings. The van der Waals surface area contributed by atoms with Gasteiger partial charge in [-0.15, -0.1) is 0 Å². The van der Waals surface area contributed by atoms with Gasteiger partial charge in [0.2, 0.25) is 11.8 Å². The number of H-pyrrole nitrogens is 1. The zero-order chi connectivity index (χ0) is 25.0. The molecule has 3 rings (SSSR count). The number of rotatable bonds is 9. The Balaban J connectivity index is 1.75. The Kier molecular flexibility index (Phi) is 8.18. The number of hydrogen-bond acceptors (Lipinski definition) is 4. The summed E-state index contributed by atoms with van der Waals surface area (Å²) in [5.74, 6) is -2.06. The topological polar surface area (TPSA) is 122 Å². The van der Waals surface area contributed by atoms with Crippen LogP contribution in [0.4, 0.5) is 0 Å². The average Bonchev–Trinajstić information content (AvgIpc) is 3.16. The molecular weight excluding hydrogens is 454 g/mol. The quantitative estimate of drug-likeness (QED) is 0.448. The number of carbonyl (C=O) groups excluding carboxylic acids is 4. The molecule has 8 heteroatoms. The van der Waals surface area contributed by atoms with E-state index >= 15 is 0 Å². The summed E-state index contributed by atoms with van der Waals surface area (Å²) in [6, 6.07) is 6.14. The fourth-order valence-electron chi connectivity index (χ4n) is 4.70. The Morgan fingerprint density at radius 2 is 1.94 bits per heavy atom. The van der Waals surface area contributed by atoms with Crippen LogP contribution in [0, 0.1) is 17.3 Å². The predicted octanol–water partition coefficient (Wildman–Crippen LogP) is 4.57. The lowest BCUT2D eigenvalue weighted by Crippen LogP contribution is -2.49. The Hall–Kier alpha value is -2.67. The highest BCUT2D eigenvalue weighted by atomic mass is 35.5. The number of aromatic nitrogens is 1. The van der Waals surface area contributed by atoms with E-state index in [4.69, 9.17) is 17.3 Å². The second-order valence-corrected chi connectivity index (χ2v) is 11.0. The lowest BCUT2D eigenvalue weighted by atomic mass is 9.81. The minimum atomic E-state index is -0.938. The van der Waals surface area contributed by atoms with Gasteiger partial charge in [-0.3, -0.25) is 19.2 Å². The third kappa shape index (κ3) is 6.92. The Bertz CT molecular complexity index is 1090. The fraction of sp³-hybridized carbons (Fsp3) is 0.538. The highest BCUT2D eigenvalue weighted by Gasteiger charge is 2.33. The normalized spacial score (nSPS) is 18.5. The number of nitrogens with two attached hydrogens (primary N) is 1. The lowest BCUT2D eigenvalue weighted by molar-refractivity contribution is -0.132. The van der Waals surface area contributed by atoms with Crippen molar-refractivity contribution >= 4 is 45.9 Å². The third-order valence-electron chi connectivity index (χ3n) is 6.41. The maximum atomic E-state index is 13.3. The standard InChI is InChI=1S/C26H34ClN3O4/c1-26(2,3)14-17(12-23(32)20-10-15-8-9-18(27)13-19(15)29-20)25(34)30-21(24(28)33)11-16-6-4-5-7-22(16)31/h8-10,13,16-17,21,29H,4-7,11-12,14H2,1-3H3,(H2,28,33)(H,30,34)/t16-,17-,21-/m0/s1. The van der Waals surface area contributed by atoms with Gasteiger partial charge in [-0.2, -0.15) is 0 Å². The Morgan fingerprint density at radius 1 is 1.21 bits per heavy atom.